The lowest BCUT2D eigenvalue weighted by Crippen LogP contribution is -2.21. The fourth-order valence-corrected chi connectivity index (χ4v) is 2.27. The molecule has 0 saturated heterocycles. The molecule has 2 heteroatoms. The van der Waals surface area contributed by atoms with Crippen molar-refractivity contribution in [1.29, 1.82) is 0 Å². The number of benzene rings is 1. The summed E-state index contributed by atoms with van der Waals surface area (Å²) in [7, 11) is 0. The first-order valence-corrected chi connectivity index (χ1v) is 7.29. The highest BCUT2D eigenvalue weighted by atomic mass is 19.1. The molecule has 1 aromatic rings. The molecule has 0 fully saturated rings. The van der Waals surface area contributed by atoms with Crippen LogP contribution in [-0.4, -0.2) is 6.54 Å². The number of hydrogen-bond acceptors (Lipinski definition) is 1. The SMILES string of the molecule is C=CCCCCCC(NCC)c1ccc(C)c(F)c1. The number of allylic oxidation sites excluding steroid dienone is 1. The highest BCUT2D eigenvalue weighted by Gasteiger charge is 2.11. The minimum atomic E-state index is -0.105. The third kappa shape index (κ3) is 5.56. The van der Waals surface area contributed by atoms with Crippen LogP contribution in [0.25, 0.3) is 0 Å². The van der Waals surface area contributed by atoms with E-state index in [1.165, 1.54) is 19.3 Å². The lowest BCUT2D eigenvalue weighted by molar-refractivity contribution is 0.480. The van der Waals surface area contributed by atoms with Crippen molar-refractivity contribution >= 4 is 0 Å². The van der Waals surface area contributed by atoms with Crippen molar-refractivity contribution in [3.63, 3.8) is 0 Å². The summed E-state index contributed by atoms with van der Waals surface area (Å²) in [6, 6.07) is 5.85. The molecular formula is C17H26FN. The van der Waals surface area contributed by atoms with Gasteiger partial charge in [-0.05, 0) is 49.9 Å². The smallest absolute Gasteiger partial charge is 0.126 e. The van der Waals surface area contributed by atoms with Gasteiger partial charge in [-0.3, -0.25) is 0 Å². The molecular weight excluding hydrogens is 237 g/mol. The Labute approximate surface area is 116 Å². The van der Waals surface area contributed by atoms with Gasteiger partial charge in [0.05, 0.1) is 0 Å². The summed E-state index contributed by atoms with van der Waals surface area (Å²) >= 11 is 0. The number of rotatable bonds is 9. The van der Waals surface area contributed by atoms with Crippen LogP contribution in [0.4, 0.5) is 4.39 Å². The Bertz CT molecular complexity index is 387. The lowest BCUT2D eigenvalue weighted by atomic mass is 9.98. The molecule has 1 unspecified atom stereocenters. The van der Waals surface area contributed by atoms with E-state index in [4.69, 9.17) is 0 Å². The molecule has 106 valence electrons. The molecule has 1 aromatic carbocycles. The van der Waals surface area contributed by atoms with Crippen molar-refractivity contribution in [2.45, 2.75) is 52.0 Å². The maximum absolute atomic E-state index is 13.6. The second-order valence-electron chi connectivity index (χ2n) is 5.05. The standard InChI is InChI=1S/C17H26FN/c1-4-6-7-8-9-10-17(19-5-2)15-12-11-14(3)16(18)13-15/h4,11-13,17,19H,1,5-10H2,2-3H3. The fraction of sp³-hybridized carbons (Fsp3) is 0.529. The van der Waals surface area contributed by atoms with Crippen LogP contribution in [0.2, 0.25) is 0 Å². The molecule has 1 rings (SSSR count). The first-order valence-electron chi connectivity index (χ1n) is 7.29. The van der Waals surface area contributed by atoms with Gasteiger partial charge in [0.15, 0.2) is 0 Å². The molecule has 0 aromatic heterocycles. The molecule has 0 bridgehead atoms. The summed E-state index contributed by atoms with van der Waals surface area (Å²) in [6.45, 7) is 8.54. The molecule has 1 atom stereocenters. The Morgan fingerprint density at radius 1 is 1.32 bits per heavy atom. The highest BCUT2D eigenvalue weighted by Crippen LogP contribution is 2.22. The molecule has 0 aliphatic rings. The van der Waals surface area contributed by atoms with Gasteiger partial charge in [0.25, 0.3) is 0 Å². The molecule has 0 heterocycles. The van der Waals surface area contributed by atoms with Gasteiger partial charge >= 0.3 is 0 Å². The average Bonchev–Trinajstić information content (AvgIpc) is 2.40. The van der Waals surface area contributed by atoms with Gasteiger partial charge in [-0.25, -0.2) is 4.39 Å². The van der Waals surface area contributed by atoms with E-state index in [1.54, 1.807) is 13.0 Å². The Kier molecular flexibility index (Phi) is 7.42. The van der Waals surface area contributed by atoms with E-state index in [-0.39, 0.29) is 11.9 Å². The minimum absolute atomic E-state index is 0.105. The molecule has 0 spiro atoms. The van der Waals surface area contributed by atoms with Crippen molar-refractivity contribution in [3.8, 4) is 0 Å². The van der Waals surface area contributed by atoms with Crippen LogP contribution in [0.3, 0.4) is 0 Å². The third-order valence-electron chi connectivity index (χ3n) is 3.45. The van der Waals surface area contributed by atoms with Gasteiger partial charge in [-0.1, -0.05) is 38.0 Å². The summed E-state index contributed by atoms with van der Waals surface area (Å²) in [5.74, 6) is -0.105. The van der Waals surface area contributed by atoms with Crippen molar-refractivity contribution in [2.75, 3.05) is 6.54 Å². The predicted octanol–water partition coefficient (Wildman–Crippen LogP) is 4.92. The van der Waals surface area contributed by atoms with Crippen molar-refractivity contribution in [1.82, 2.24) is 5.32 Å². The molecule has 0 saturated carbocycles. The van der Waals surface area contributed by atoms with E-state index in [2.05, 4.69) is 18.8 Å². The Hall–Kier alpha value is -1.15. The van der Waals surface area contributed by atoms with Crippen LogP contribution in [0.15, 0.2) is 30.9 Å². The average molecular weight is 263 g/mol. The van der Waals surface area contributed by atoms with Gasteiger partial charge in [0.2, 0.25) is 0 Å². The quantitative estimate of drug-likeness (QED) is 0.492. The van der Waals surface area contributed by atoms with Crippen molar-refractivity contribution < 1.29 is 4.39 Å². The Morgan fingerprint density at radius 2 is 2.11 bits per heavy atom. The van der Waals surface area contributed by atoms with Crippen LogP contribution in [0.5, 0.6) is 0 Å². The number of hydrogen-bond donors (Lipinski definition) is 1. The van der Waals surface area contributed by atoms with Gasteiger partial charge in [0, 0.05) is 6.04 Å². The Balaban J connectivity index is 2.55. The molecule has 0 aliphatic carbocycles. The van der Waals surface area contributed by atoms with Crippen LogP contribution in [-0.2, 0) is 0 Å². The van der Waals surface area contributed by atoms with Crippen molar-refractivity contribution in [2.24, 2.45) is 0 Å². The van der Waals surface area contributed by atoms with Crippen LogP contribution >= 0.6 is 0 Å². The zero-order chi connectivity index (χ0) is 14.1. The minimum Gasteiger partial charge on any atom is -0.310 e. The van der Waals surface area contributed by atoms with Gasteiger partial charge in [0.1, 0.15) is 5.82 Å². The zero-order valence-electron chi connectivity index (χ0n) is 12.2. The molecule has 1 nitrogen and oxygen atoms in total. The molecule has 0 radical (unpaired) electrons. The van der Waals surface area contributed by atoms with E-state index in [1.807, 2.05) is 18.2 Å². The zero-order valence-corrected chi connectivity index (χ0v) is 12.2. The predicted molar refractivity (Wildman–Crippen MR) is 80.8 cm³/mol. The topological polar surface area (TPSA) is 12.0 Å². The summed E-state index contributed by atoms with van der Waals surface area (Å²) in [5.41, 5.74) is 1.78. The number of unbranched alkanes of at least 4 members (excludes halogenated alkanes) is 3. The van der Waals surface area contributed by atoms with Crippen molar-refractivity contribution in [3.05, 3.63) is 47.8 Å². The first kappa shape index (κ1) is 15.9. The fourth-order valence-electron chi connectivity index (χ4n) is 2.27. The maximum Gasteiger partial charge on any atom is 0.126 e. The van der Waals surface area contributed by atoms with Crippen LogP contribution in [0.1, 0.15) is 56.2 Å². The second-order valence-corrected chi connectivity index (χ2v) is 5.05. The van der Waals surface area contributed by atoms with E-state index >= 15 is 0 Å². The summed E-state index contributed by atoms with van der Waals surface area (Å²) in [6.07, 6.45) is 7.70. The number of nitrogens with one attached hydrogen (secondary N) is 1. The largest absolute Gasteiger partial charge is 0.310 e. The van der Waals surface area contributed by atoms with Gasteiger partial charge in [-0.2, -0.15) is 0 Å². The number of halogens is 1. The van der Waals surface area contributed by atoms with Crippen LogP contribution in [0, 0.1) is 12.7 Å². The maximum atomic E-state index is 13.6. The second kappa shape index (κ2) is 8.87. The summed E-state index contributed by atoms with van der Waals surface area (Å²) in [5, 5.41) is 3.45. The van der Waals surface area contributed by atoms with Gasteiger partial charge < -0.3 is 5.32 Å². The first-order chi connectivity index (χ1) is 9.19. The molecule has 19 heavy (non-hydrogen) atoms. The molecule has 0 amide bonds. The van der Waals surface area contributed by atoms with E-state index in [0.717, 1.165) is 24.9 Å². The lowest BCUT2D eigenvalue weighted by Gasteiger charge is -2.18. The van der Waals surface area contributed by atoms with E-state index in [9.17, 15) is 4.39 Å². The highest BCUT2D eigenvalue weighted by molar-refractivity contribution is 5.25. The molecule has 0 aliphatic heterocycles. The third-order valence-corrected chi connectivity index (χ3v) is 3.45. The Morgan fingerprint density at radius 3 is 2.74 bits per heavy atom. The van der Waals surface area contributed by atoms with E-state index in [0.29, 0.717) is 5.56 Å². The monoisotopic (exact) mass is 263 g/mol. The van der Waals surface area contributed by atoms with Gasteiger partial charge in [-0.15, -0.1) is 6.58 Å². The normalized spacial score (nSPS) is 12.4. The van der Waals surface area contributed by atoms with Crippen LogP contribution < -0.4 is 5.32 Å². The van der Waals surface area contributed by atoms with E-state index < -0.39 is 0 Å². The summed E-state index contributed by atoms with van der Waals surface area (Å²) < 4.78 is 13.6. The number of aryl methyl sites for hydroxylation is 1. The molecule has 1 N–H and O–H groups in total. The summed E-state index contributed by atoms with van der Waals surface area (Å²) in [4.78, 5) is 0.